The van der Waals surface area contributed by atoms with Crippen molar-refractivity contribution in [3.05, 3.63) is 12.7 Å². The van der Waals surface area contributed by atoms with Gasteiger partial charge in [0.05, 0.1) is 19.1 Å². The van der Waals surface area contributed by atoms with Crippen molar-refractivity contribution in [1.82, 2.24) is 19.5 Å². The minimum Gasteiger partial charge on any atom is -0.399 e. The number of oxime groups is 1. The molecule has 2 aromatic rings. The fourth-order valence-corrected chi connectivity index (χ4v) is 1.23. The normalized spacial score (nSPS) is 11.3. The van der Waals surface area contributed by atoms with Gasteiger partial charge in [-0.25, -0.2) is 15.0 Å². The number of rotatable bonds is 3. The van der Waals surface area contributed by atoms with Crippen LogP contribution in [0.2, 0.25) is 0 Å². The van der Waals surface area contributed by atoms with Crippen LogP contribution in [0.1, 0.15) is 0 Å². The quantitative estimate of drug-likeness (QED) is 0.565. The number of hydrogen-bond donors (Lipinski definition) is 1. The molecule has 0 amide bonds. The summed E-state index contributed by atoms with van der Waals surface area (Å²) in [5.41, 5.74) is 6.92. The molecule has 2 aromatic heterocycles. The van der Waals surface area contributed by atoms with E-state index in [9.17, 15) is 0 Å². The number of nitrogens with two attached hydrogens (primary N) is 1. The van der Waals surface area contributed by atoms with Crippen molar-refractivity contribution in [1.29, 1.82) is 0 Å². The summed E-state index contributed by atoms with van der Waals surface area (Å²) in [7, 11) is 1.49. The molecule has 0 radical (unpaired) electrons. The molecule has 2 heterocycles. The molecule has 15 heavy (non-hydrogen) atoms. The van der Waals surface area contributed by atoms with Crippen molar-refractivity contribution in [2.45, 2.75) is 6.54 Å². The Morgan fingerprint density at radius 3 is 3.20 bits per heavy atom. The molecule has 0 aliphatic carbocycles. The van der Waals surface area contributed by atoms with E-state index in [0.717, 1.165) is 0 Å². The second-order valence-electron chi connectivity index (χ2n) is 2.80. The molecule has 0 unspecified atom stereocenters. The molecular weight excluding hydrogens is 196 g/mol. The van der Waals surface area contributed by atoms with Crippen LogP contribution in [-0.2, 0) is 11.4 Å². The lowest BCUT2D eigenvalue weighted by Crippen LogP contribution is -2.00. The molecule has 0 aliphatic heterocycles. The summed E-state index contributed by atoms with van der Waals surface area (Å²) in [6, 6.07) is 0. The molecule has 78 valence electrons. The minimum absolute atomic E-state index is 0.377. The van der Waals surface area contributed by atoms with Crippen molar-refractivity contribution in [2.24, 2.45) is 5.16 Å². The number of nitrogens with zero attached hydrogens (tertiary/aromatic N) is 5. The lowest BCUT2D eigenvalue weighted by atomic mass is 10.5. The summed E-state index contributed by atoms with van der Waals surface area (Å²) >= 11 is 0. The number of aromatic nitrogens is 4. The number of imidazole rings is 1. The monoisotopic (exact) mass is 206 g/mol. The maximum atomic E-state index is 5.64. The Hall–Kier alpha value is -2.18. The van der Waals surface area contributed by atoms with E-state index in [1.165, 1.54) is 13.4 Å². The number of nitrogen functional groups attached to an aromatic ring is 1. The van der Waals surface area contributed by atoms with E-state index in [1.807, 2.05) is 0 Å². The van der Waals surface area contributed by atoms with Gasteiger partial charge >= 0.3 is 0 Å². The summed E-state index contributed by atoms with van der Waals surface area (Å²) in [5.74, 6) is 0.377. The highest BCUT2D eigenvalue weighted by Gasteiger charge is 2.05. The molecule has 0 aromatic carbocycles. The van der Waals surface area contributed by atoms with Gasteiger partial charge in [0.1, 0.15) is 19.0 Å². The molecule has 2 rings (SSSR count). The minimum atomic E-state index is 0.377. The van der Waals surface area contributed by atoms with E-state index in [4.69, 9.17) is 5.73 Å². The average Bonchev–Trinajstić information content (AvgIpc) is 2.64. The third kappa shape index (κ3) is 1.71. The van der Waals surface area contributed by atoms with Gasteiger partial charge in [-0.2, -0.15) is 0 Å². The van der Waals surface area contributed by atoms with Crippen molar-refractivity contribution in [2.75, 3.05) is 12.8 Å². The molecule has 0 atom stereocenters. The Bertz CT molecular complexity index is 491. The highest BCUT2D eigenvalue weighted by Crippen LogP contribution is 2.13. The predicted molar refractivity (Wildman–Crippen MR) is 55.2 cm³/mol. The summed E-state index contributed by atoms with van der Waals surface area (Å²) in [6.07, 6.45) is 4.65. The number of anilines is 1. The zero-order valence-electron chi connectivity index (χ0n) is 8.16. The molecular formula is C8H10N6O. The van der Waals surface area contributed by atoms with E-state index in [1.54, 1.807) is 17.1 Å². The summed E-state index contributed by atoms with van der Waals surface area (Å²) < 4.78 is 1.80. The Labute approximate surface area is 85.6 Å². The molecule has 7 nitrogen and oxygen atoms in total. The van der Waals surface area contributed by atoms with Crippen LogP contribution >= 0.6 is 0 Å². The molecule has 0 spiro atoms. The molecule has 0 bridgehead atoms. The SMILES string of the molecule is CON=CCn1cnc2c(N)ncnc21. The Kier molecular flexibility index (Phi) is 2.44. The van der Waals surface area contributed by atoms with Crippen LogP contribution in [0.5, 0.6) is 0 Å². The van der Waals surface area contributed by atoms with Gasteiger partial charge in [0.25, 0.3) is 0 Å². The molecule has 0 saturated carbocycles. The third-order valence-corrected chi connectivity index (χ3v) is 1.89. The lowest BCUT2D eigenvalue weighted by molar-refractivity contribution is 0.214. The topological polar surface area (TPSA) is 91.2 Å². The fraction of sp³-hybridized carbons (Fsp3) is 0.250. The van der Waals surface area contributed by atoms with Gasteiger partial charge in [0, 0.05) is 0 Å². The highest BCUT2D eigenvalue weighted by molar-refractivity contribution is 5.81. The zero-order valence-corrected chi connectivity index (χ0v) is 8.16. The smallest absolute Gasteiger partial charge is 0.165 e. The maximum Gasteiger partial charge on any atom is 0.165 e. The molecule has 2 N–H and O–H groups in total. The lowest BCUT2D eigenvalue weighted by Gasteiger charge is -1.97. The van der Waals surface area contributed by atoms with E-state index in [2.05, 4.69) is 24.9 Å². The van der Waals surface area contributed by atoms with Gasteiger partial charge in [-0.1, -0.05) is 5.16 Å². The van der Waals surface area contributed by atoms with Crippen molar-refractivity contribution in [3.8, 4) is 0 Å². The highest BCUT2D eigenvalue weighted by atomic mass is 16.6. The average molecular weight is 206 g/mol. The van der Waals surface area contributed by atoms with E-state index in [-0.39, 0.29) is 0 Å². The largest absolute Gasteiger partial charge is 0.399 e. The van der Waals surface area contributed by atoms with Gasteiger partial charge in [-0.3, -0.25) is 0 Å². The number of fused-ring (bicyclic) bond motifs is 1. The van der Waals surface area contributed by atoms with Gasteiger partial charge < -0.3 is 15.1 Å². The number of hydrogen-bond acceptors (Lipinski definition) is 6. The standard InChI is InChI=1S/C8H10N6O/c1-15-13-2-3-14-5-12-6-7(9)10-4-11-8(6)14/h2,4-5H,3H2,1H3,(H2,9,10,11). The predicted octanol–water partition coefficient (Wildman–Crippen LogP) is 0.0407. The first-order chi connectivity index (χ1) is 7.33. The summed E-state index contributed by atoms with van der Waals surface area (Å²) in [4.78, 5) is 16.6. The fourth-order valence-electron chi connectivity index (χ4n) is 1.23. The Morgan fingerprint density at radius 1 is 1.53 bits per heavy atom. The molecule has 0 fully saturated rings. The maximum absolute atomic E-state index is 5.64. The summed E-state index contributed by atoms with van der Waals surface area (Å²) in [6.45, 7) is 0.529. The van der Waals surface area contributed by atoms with Crippen LogP contribution in [-0.4, -0.2) is 32.8 Å². The first-order valence-corrected chi connectivity index (χ1v) is 4.29. The molecule has 0 aliphatic rings. The summed E-state index contributed by atoms with van der Waals surface area (Å²) in [5, 5.41) is 3.63. The van der Waals surface area contributed by atoms with Crippen LogP contribution < -0.4 is 5.73 Å². The van der Waals surface area contributed by atoms with Crippen molar-refractivity contribution < 1.29 is 4.84 Å². The first-order valence-electron chi connectivity index (χ1n) is 4.29. The van der Waals surface area contributed by atoms with E-state index in [0.29, 0.717) is 23.5 Å². The Morgan fingerprint density at radius 2 is 2.40 bits per heavy atom. The van der Waals surface area contributed by atoms with Crippen LogP contribution in [0.25, 0.3) is 11.2 Å². The Balaban J connectivity index is 2.37. The first kappa shape index (κ1) is 9.38. The van der Waals surface area contributed by atoms with Crippen LogP contribution in [0.15, 0.2) is 17.8 Å². The third-order valence-electron chi connectivity index (χ3n) is 1.89. The van der Waals surface area contributed by atoms with Crippen LogP contribution in [0.4, 0.5) is 5.82 Å². The molecule has 0 saturated heterocycles. The van der Waals surface area contributed by atoms with Crippen LogP contribution in [0.3, 0.4) is 0 Å². The zero-order chi connectivity index (χ0) is 10.7. The van der Waals surface area contributed by atoms with Gasteiger partial charge in [-0.15, -0.1) is 0 Å². The second-order valence-corrected chi connectivity index (χ2v) is 2.80. The van der Waals surface area contributed by atoms with Crippen LogP contribution in [0, 0.1) is 0 Å². The van der Waals surface area contributed by atoms with Crippen molar-refractivity contribution in [3.63, 3.8) is 0 Å². The van der Waals surface area contributed by atoms with Gasteiger partial charge in [-0.05, 0) is 0 Å². The van der Waals surface area contributed by atoms with E-state index >= 15 is 0 Å². The van der Waals surface area contributed by atoms with Gasteiger partial charge in [0.2, 0.25) is 0 Å². The van der Waals surface area contributed by atoms with E-state index < -0.39 is 0 Å². The van der Waals surface area contributed by atoms with Crippen molar-refractivity contribution >= 4 is 23.2 Å². The molecule has 7 heteroatoms. The second kappa shape index (κ2) is 3.91. The van der Waals surface area contributed by atoms with Gasteiger partial charge in [0.15, 0.2) is 11.5 Å².